The lowest BCUT2D eigenvalue weighted by atomic mass is 10.2. The van der Waals surface area contributed by atoms with E-state index in [2.05, 4.69) is 0 Å². The molecular weight excluding hydrogens is 154 g/mol. The highest BCUT2D eigenvalue weighted by atomic mass is 16.5. The second kappa shape index (κ2) is 8.97. The van der Waals surface area contributed by atoms with E-state index in [9.17, 15) is 0 Å². The predicted molar refractivity (Wildman–Crippen MR) is 50.2 cm³/mol. The smallest absolute Gasteiger partial charge is 0.0780 e. The molecule has 2 N–H and O–H groups in total. The number of nitrogens with two attached hydrogens (primary N) is 1. The lowest BCUT2D eigenvalue weighted by Crippen LogP contribution is -2.15. The molecule has 0 aliphatic rings. The highest BCUT2D eigenvalue weighted by Crippen LogP contribution is 1.97. The summed E-state index contributed by atoms with van der Waals surface area (Å²) in [4.78, 5) is 0. The molecule has 0 spiro atoms. The van der Waals surface area contributed by atoms with Crippen LogP contribution in [0.3, 0.4) is 0 Å². The minimum Gasteiger partial charge on any atom is -0.382 e. The van der Waals surface area contributed by atoms with Gasteiger partial charge in [0.25, 0.3) is 0 Å². The van der Waals surface area contributed by atoms with E-state index in [0.717, 1.165) is 32.4 Å². The summed E-state index contributed by atoms with van der Waals surface area (Å²) in [5.74, 6) is 0. The number of hydrogen-bond acceptors (Lipinski definition) is 3. The zero-order valence-electron chi connectivity index (χ0n) is 8.21. The molecule has 3 heteroatoms. The number of unbranched alkanes of at least 4 members (excludes halogenated alkanes) is 2. The van der Waals surface area contributed by atoms with Crippen molar-refractivity contribution in [2.24, 2.45) is 5.73 Å². The Kier molecular flexibility index (Phi) is 8.88. The first kappa shape index (κ1) is 11.9. The standard InChI is InChI=1S/C9H21NO2/c1-9(8-11-2)12-7-5-3-4-6-10/h9H,3-8,10H2,1-2H3. The van der Waals surface area contributed by atoms with Gasteiger partial charge in [0.15, 0.2) is 0 Å². The van der Waals surface area contributed by atoms with Crippen molar-refractivity contribution in [3.8, 4) is 0 Å². The van der Waals surface area contributed by atoms with Gasteiger partial charge in [-0.1, -0.05) is 0 Å². The van der Waals surface area contributed by atoms with Crippen molar-refractivity contribution < 1.29 is 9.47 Å². The average molecular weight is 175 g/mol. The molecule has 1 atom stereocenters. The van der Waals surface area contributed by atoms with Gasteiger partial charge in [-0.3, -0.25) is 0 Å². The Morgan fingerprint density at radius 3 is 2.58 bits per heavy atom. The maximum atomic E-state index is 5.46. The summed E-state index contributed by atoms with van der Waals surface area (Å²) in [6.07, 6.45) is 3.58. The maximum Gasteiger partial charge on any atom is 0.0780 e. The Hall–Kier alpha value is -0.120. The summed E-state index contributed by atoms with van der Waals surface area (Å²) in [5, 5.41) is 0. The van der Waals surface area contributed by atoms with Crippen LogP contribution in [-0.4, -0.2) is 33.0 Å². The van der Waals surface area contributed by atoms with Crippen LogP contribution in [-0.2, 0) is 9.47 Å². The Balaban J connectivity index is 2.97. The van der Waals surface area contributed by atoms with Gasteiger partial charge in [-0.15, -0.1) is 0 Å². The zero-order valence-corrected chi connectivity index (χ0v) is 8.21. The molecule has 12 heavy (non-hydrogen) atoms. The van der Waals surface area contributed by atoms with E-state index < -0.39 is 0 Å². The van der Waals surface area contributed by atoms with Crippen LogP contribution < -0.4 is 5.73 Å². The number of methoxy groups -OCH3 is 1. The molecule has 0 rings (SSSR count). The van der Waals surface area contributed by atoms with E-state index in [1.165, 1.54) is 0 Å². The predicted octanol–water partition coefficient (Wildman–Crippen LogP) is 1.17. The highest BCUT2D eigenvalue weighted by Gasteiger charge is 1.99. The molecule has 0 saturated carbocycles. The second-order valence-electron chi connectivity index (χ2n) is 2.99. The summed E-state index contributed by atoms with van der Waals surface area (Å²) in [5.41, 5.74) is 5.36. The molecule has 0 heterocycles. The fraction of sp³-hybridized carbons (Fsp3) is 1.00. The van der Waals surface area contributed by atoms with Crippen molar-refractivity contribution in [1.29, 1.82) is 0 Å². The van der Waals surface area contributed by atoms with Crippen LogP contribution in [0.5, 0.6) is 0 Å². The van der Waals surface area contributed by atoms with Gasteiger partial charge in [-0.25, -0.2) is 0 Å². The molecule has 0 aliphatic carbocycles. The quantitative estimate of drug-likeness (QED) is 0.563. The number of ether oxygens (including phenoxy) is 2. The third kappa shape index (κ3) is 7.98. The lowest BCUT2D eigenvalue weighted by Gasteiger charge is -2.11. The summed E-state index contributed by atoms with van der Waals surface area (Å²) < 4.78 is 10.4. The fourth-order valence-corrected chi connectivity index (χ4v) is 0.991. The zero-order chi connectivity index (χ0) is 9.23. The van der Waals surface area contributed by atoms with E-state index in [-0.39, 0.29) is 6.10 Å². The van der Waals surface area contributed by atoms with Crippen LogP contribution in [0.1, 0.15) is 26.2 Å². The molecule has 3 nitrogen and oxygen atoms in total. The third-order valence-corrected chi connectivity index (χ3v) is 1.65. The SMILES string of the molecule is COCC(C)OCCCCCN. The molecule has 0 bridgehead atoms. The van der Waals surface area contributed by atoms with Gasteiger partial charge in [-0.05, 0) is 32.7 Å². The Morgan fingerprint density at radius 2 is 2.00 bits per heavy atom. The normalized spacial score (nSPS) is 13.2. The van der Waals surface area contributed by atoms with Crippen molar-refractivity contribution in [3.63, 3.8) is 0 Å². The van der Waals surface area contributed by atoms with Crippen molar-refractivity contribution in [2.45, 2.75) is 32.3 Å². The Labute approximate surface area is 75.2 Å². The molecule has 0 saturated heterocycles. The molecule has 0 aromatic heterocycles. The fourth-order valence-electron chi connectivity index (χ4n) is 0.991. The van der Waals surface area contributed by atoms with Crippen molar-refractivity contribution in [3.05, 3.63) is 0 Å². The van der Waals surface area contributed by atoms with E-state index in [0.29, 0.717) is 6.61 Å². The van der Waals surface area contributed by atoms with Crippen molar-refractivity contribution in [2.75, 3.05) is 26.9 Å². The second-order valence-corrected chi connectivity index (χ2v) is 2.99. The van der Waals surface area contributed by atoms with Gasteiger partial charge in [0, 0.05) is 13.7 Å². The third-order valence-electron chi connectivity index (χ3n) is 1.65. The van der Waals surface area contributed by atoms with Gasteiger partial charge in [0.1, 0.15) is 0 Å². The van der Waals surface area contributed by atoms with Gasteiger partial charge in [0.2, 0.25) is 0 Å². The summed E-state index contributed by atoms with van der Waals surface area (Å²) in [7, 11) is 1.69. The minimum absolute atomic E-state index is 0.216. The first-order valence-corrected chi connectivity index (χ1v) is 4.62. The molecule has 74 valence electrons. The van der Waals surface area contributed by atoms with Crippen LogP contribution in [0.4, 0.5) is 0 Å². The van der Waals surface area contributed by atoms with E-state index >= 15 is 0 Å². The summed E-state index contributed by atoms with van der Waals surface area (Å²) in [6.45, 7) is 4.31. The molecular formula is C9H21NO2. The van der Waals surface area contributed by atoms with Crippen LogP contribution in [0, 0.1) is 0 Å². The largest absolute Gasteiger partial charge is 0.382 e. The molecule has 0 amide bonds. The van der Waals surface area contributed by atoms with Crippen molar-refractivity contribution in [1.82, 2.24) is 0 Å². The van der Waals surface area contributed by atoms with Crippen LogP contribution >= 0.6 is 0 Å². The minimum atomic E-state index is 0.216. The van der Waals surface area contributed by atoms with E-state index in [1.807, 2.05) is 6.92 Å². The number of hydrogen-bond donors (Lipinski definition) is 1. The van der Waals surface area contributed by atoms with Crippen LogP contribution in [0.15, 0.2) is 0 Å². The van der Waals surface area contributed by atoms with Gasteiger partial charge in [0.05, 0.1) is 12.7 Å². The first-order valence-electron chi connectivity index (χ1n) is 4.62. The molecule has 1 unspecified atom stereocenters. The maximum absolute atomic E-state index is 5.46. The molecule has 0 aromatic rings. The molecule has 0 fully saturated rings. The monoisotopic (exact) mass is 175 g/mol. The summed E-state index contributed by atoms with van der Waals surface area (Å²) >= 11 is 0. The average Bonchev–Trinajstić information content (AvgIpc) is 2.05. The topological polar surface area (TPSA) is 44.5 Å². The Bertz CT molecular complexity index is 88.6. The van der Waals surface area contributed by atoms with Gasteiger partial charge >= 0.3 is 0 Å². The molecule has 0 aliphatic heterocycles. The van der Waals surface area contributed by atoms with E-state index in [4.69, 9.17) is 15.2 Å². The number of rotatable bonds is 8. The van der Waals surface area contributed by atoms with E-state index in [1.54, 1.807) is 7.11 Å². The summed E-state index contributed by atoms with van der Waals surface area (Å²) in [6, 6.07) is 0. The first-order chi connectivity index (χ1) is 5.81. The van der Waals surface area contributed by atoms with Crippen molar-refractivity contribution >= 4 is 0 Å². The van der Waals surface area contributed by atoms with Crippen LogP contribution in [0.2, 0.25) is 0 Å². The molecule has 0 radical (unpaired) electrons. The highest BCUT2D eigenvalue weighted by molar-refractivity contribution is 4.47. The van der Waals surface area contributed by atoms with Crippen LogP contribution in [0.25, 0.3) is 0 Å². The van der Waals surface area contributed by atoms with Gasteiger partial charge < -0.3 is 15.2 Å². The van der Waals surface area contributed by atoms with Gasteiger partial charge in [-0.2, -0.15) is 0 Å². The Morgan fingerprint density at radius 1 is 1.25 bits per heavy atom. The lowest BCUT2D eigenvalue weighted by molar-refractivity contribution is 0.00771. The molecule has 0 aromatic carbocycles.